The number of carbonyl (C=O) groups is 1. The zero-order valence-corrected chi connectivity index (χ0v) is 11.3. The molecule has 0 unspecified atom stereocenters. The van der Waals surface area contributed by atoms with E-state index < -0.39 is 46.0 Å². The lowest BCUT2D eigenvalue weighted by atomic mass is 10.1. The molecule has 1 N–H and O–H groups in total. The van der Waals surface area contributed by atoms with Crippen LogP contribution in [0.5, 0.6) is 0 Å². The van der Waals surface area contributed by atoms with Crippen molar-refractivity contribution in [3.05, 3.63) is 28.6 Å². The van der Waals surface area contributed by atoms with Crippen LogP contribution < -0.4 is 5.32 Å². The topological polar surface area (TPSA) is 85.9 Å². The van der Waals surface area contributed by atoms with Crippen LogP contribution >= 0.6 is 0 Å². The highest BCUT2D eigenvalue weighted by atomic mass is 19.2. The minimum Gasteiger partial charge on any atom is -0.444 e. The van der Waals surface area contributed by atoms with E-state index in [0.717, 1.165) is 0 Å². The highest BCUT2D eigenvalue weighted by Gasteiger charge is 2.27. The van der Waals surface area contributed by atoms with Gasteiger partial charge in [-0.2, -0.15) is 10.5 Å². The van der Waals surface area contributed by atoms with Gasteiger partial charge in [0.25, 0.3) is 0 Å². The molecule has 0 aromatic heterocycles. The van der Waals surface area contributed by atoms with E-state index in [4.69, 9.17) is 15.3 Å². The predicted octanol–water partition coefficient (Wildman–Crippen LogP) is 3.19. The third-order valence-corrected chi connectivity index (χ3v) is 2.17. The second-order valence-electron chi connectivity index (χ2n) is 4.92. The Labute approximate surface area is 118 Å². The fraction of sp³-hybridized carbons (Fsp3) is 0.308. The van der Waals surface area contributed by atoms with Gasteiger partial charge in [0.1, 0.15) is 34.6 Å². The Kier molecular flexibility index (Phi) is 4.44. The maximum atomic E-state index is 13.9. The van der Waals surface area contributed by atoms with Crippen LogP contribution in [0.15, 0.2) is 0 Å². The minimum atomic E-state index is -1.78. The number of nitrogens with zero attached hydrogens (tertiary/aromatic N) is 2. The van der Waals surface area contributed by atoms with E-state index >= 15 is 0 Å². The van der Waals surface area contributed by atoms with E-state index in [1.54, 1.807) is 5.32 Å². The fourth-order valence-corrected chi connectivity index (χ4v) is 1.39. The number of hydrogen-bond donors (Lipinski definition) is 1. The summed E-state index contributed by atoms with van der Waals surface area (Å²) in [5.74, 6) is -5.05. The van der Waals surface area contributed by atoms with E-state index in [1.165, 1.54) is 32.9 Å². The van der Waals surface area contributed by atoms with E-state index in [9.17, 15) is 18.0 Å². The number of nitriles is 2. The van der Waals surface area contributed by atoms with Gasteiger partial charge in [-0.3, -0.25) is 5.32 Å². The Morgan fingerprint density at radius 2 is 1.52 bits per heavy atom. The van der Waals surface area contributed by atoms with Crippen molar-refractivity contribution in [2.75, 3.05) is 5.32 Å². The molecule has 8 heteroatoms. The average Bonchev–Trinajstić information content (AvgIpc) is 2.36. The molecule has 1 rings (SSSR count). The van der Waals surface area contributed by atoms with Gasteiger partial charge in [0.15, 0.2) is 17.5 Å². The van der Waals surface area contributed by atoms with Crippen LogP contribution in [-0.2, 0) is 4.74 Å². The minimum absolute atomic E-state index is 0.944. The first-order valence-corrected chi connectivity index (χ1v) is 5.63. The molecular weight excluding hydrogens is 287 g/mol. The molecule has 0 aliphatic heterocycles. The molecular formula is C13H10F3N3O2. The summed E-state index contributed by atoms with van der Waals surface area (Å²) in [6.07, 6.45) is -1.23. The Morgan fingerprint density at radius 3 is 1.95 bits per heavy atom. The van der Waals surface area contributed by atoms with Crippen LogP contribution in [0, 0.1) is 40.1 Å². The second-order valence-corrected chi connectivity index (χ2v) is 4.92. The van der Waals surface area contributed by atoms with Crippen LogP contribution in [0.1, 0.15) is 31.9 Å². The molecule has 0 bridgehead atoms. The van der Waals surface area contributed by atoms with Gasteiger partial charge in [0.2, 0.25) is 0 Å². The molecule has 0 aliphatic carbocycles. The van der Waals surface area contributed by atoms with Crippen molar-refractivity contribution in [2.24, 2.45) is 0 Å². The van der Waals surface area contributed by atoms with Crippen molar-refractivity contribution in [3.8, 4) is 12.1 Å². The predicted molar refractivity (Wildman–Crippen MR) is 65.6 cm³/mol. The van der Waals surface area contributed by atoms with E-state index in [0.29, 0.717) is 0 Å². The van der Waals surface area contributed by atoms with Crippen molar-refractivity contribution in [1.82, 2.24) is 0 Å². The highest BCUT2D eigenvalue weighted by molar-refractivity contribution is 5.86. The lowest BCUT2D eigenvalue weighted by molar-refractivity contribution is 0.0634. The first kappa shape index (κ1) is 16.3. The molecule has 1 amide bonds. The van der Waals surface area contributed by atoms with E-state index in [2.05, 4.69) is 0 Å². The third-order valence-electron chi connectivity index (χ3n) is 2.17. The summed E-state index contributed by atoms with van der Waals surface area (Å²) in [6, 6.07) is 2.44. The SMILES string of the molecule is CC(C)(C)OC(=O)Nc1c(F)c(F)c(C#N)c(C#N)c1F. The van der Waals surface area contributed by atoms with Crippen molar-refractivity contribution in [3.63, 3.8) is 0 Å². The van der Waals surface area contributed by atoms with Gasteiger partial charge in [0.05, 0.1) is 0 Å². The number of hydrogen-bond acceptors (Lipinski definition) is 4. The zero-order valence-electron chi connectivity index (χ0n) is 11.3. The fourth-order valence-electron chi connectivity index (χ4n) is 1.39. The summed E-state index contributed by atoms with van der Waals surface area (Å²) in [5, 5.41) is 19.0. The molecule has 5 nitrogen and oxygen atoms in total. The number of halogens is 3. The molecule has 0 atom stereocenters. The number of nitrogens with one attached hydrogen (secondary N) is 1. The third kappa shape index (κ3) is 3.42. The zero-order chi connectivity index (χ0) is 16.4. The summed E-state index contributed by atoms with van der Waals surface area (Å²) in [4.78, 5) is 11.5. The number of benzene rings is 1. The summed E-state index contributed by atoms with van der Waals surface area (Å²) in [5.41, 5.74) is -4.19. The van der Waals surface area contributed by atoms with Gasteiger partial charge >= 0.3 is 6.09 Å². The number of ether oxygens (including phenoxy) is 1. The smallest absolute Gasteiger partial charge is 0.412 e. The van der Waals surface area contributed by atoms with Gasteiger partial charge in [-0.15, -0.1) is 0 Å². The van der Waals surface area contributed by atoms with E-state index in [1.807, 2.05) is 0 Å². The molecule has 1 aromatic carbocycles. The van der Waals surface area contributed by atoms with Gasteiger partial charge in [-0.05, 0) is 20.8 Å². The second kappa shape index (κ2) is 5.71. The van der Waals surface area contributed by atoms with Crippen LogP contribution in [0.25, 0.3) is 0 Å². The summed E-state index contributed by atoms with van der Waals surface area (Å²) < 4.78 is 45.9. The Bertz CT molecular complexity index is 682. The monoisotopic (exact) mass is 297 g/mol. The number of amides is 1. The van der Waals surface area contributed by atoms with Crippen molar-refractivity contribution in [2.45, 2.75) is 26.4 Å². The van der Waals surface area contributed by atoms with Crippen molar-refractivity contribution < 1.29 is 22.7 Å². The summed E-state index contributed by atoms with van der Waals surface area (Å²) in [6.45, 7) is 4.54. The molecule has 21 heavy (non-hydrogen) atoms. The lowest BCUT2D eigenvalue weighted by Gasteiger charge is -2.20. The van der Waals surface area contributed by atoms with Crippen LogP contribution in [0.4, 0.5) is 23.7 Å². The molecule has 0 heterocycles. The standard InChI is InChI=1S/C13H10F3N3O2/c1-13(2,3)21-12(20)19-11-9(15)7(5-18)6(4-17)8(14)10(11)16/h1-3H3,(H,19,20). The molecule has 1 aromatic rings. The summed E-state index contributed by atoms with van der Waals surface area (Å²) >= 11 is 0. The van der Waals surface area contributed by atoms with Gasteiger partial charge in [-0.1, -0.05) is 0 Å². The Hall–Kier alpha value is -2.74. The average molecular weight is 297 g/mol. The van der Waals surface area contributed by atoms with Gasteiger partial charge in [0, 0.05) is 0 Å². The summed E-state index contributed by atoms with van der Waals surface area (Å²) in [7, 11) is 0. The first-order chi connectivity index (χ1) is 9.62. The van der Waals surface area contributed by atoms with Crippen molar-refractivity contribution >= 4 is 11.8 Å². The lowest BCUT2D eigenvalue weighted by Crippen LogP contribution is -2.28. The molecule has 110 valence electrons. The number of anilines is 1. The maximum Gasteiger partial charge on any atom is 0.412 e. The largest absolute Gasteiger partial charge is 0.444 e. The highest BCUT2D eigenvalue weighted by Crippen LogP contribution is 2.28. The van der Waals surface area contributed by atoms with E-state index in [-0.39, 0.29) is 0 Å². The molecule has 0 spiro atoms. The Morgan fingerprint density at radius 1 is 1.05 bits per heavy atom. The first-order valence-electron chi connectivity index (χ1n) is 5.63. The van der Waals surface area contributed by atoms with Crippen LogP contribution in [-0.4, -0.2) is 11.7 Å². The molecule has 0 aliphatic rings. The van der Waals surface area contributed by atoms with Crippen LogP contribution in [0.3, 0.4) is 0 Å². The molecule has 0 saturated heterocycles. The quantitative estimate of drug-likeness (QED) is 0.806. The van der Waals surface area contributed by atoms with Gasteiger partial charge in [-0.25, -0.2) is 18.0 Å². The number of carbonyl (C=O) groups excluding carboxylic acids is 1. The Balaban J connectivity index is 3.34. The van der Waals surface area contributed by atoms with Gasteiger partial charge < -0.3 is 4.74 Å². The maximum absolute atomic E-state index is 13.9. The molecule has 0 saturated carbocycles. The van der Waals surface area contributed by atoms with Crippen molar-refractivity contribution in [1.29, 1.82) is 10.5 Å². The number of rotatable bonds is 1. The molecule has 0 radical (unpaired) electrons. The normalized spacial score (nSPS) is 10.5. The van der Waals surface area contributed by atoms with Crippen LogP contribution in [0.2, 0.25) is 0 Å². The molecule has 0 fully saturated rings.